The van der Waals surface area contributed by atoms with Crippen LogP contribution in [0.4, 0.5) is 0 Å². The average Bonchev–Trinajstić information content (AvgIpc) is 2.51. The third-order valence-electron chi connectivity index (χ3n) is 0.846. The van der Waals surface area contributed by atoms with E-state index in [4.69, 9.17) is 23.3 Å². The quantitative estimate of drug-likeness (QED) is 0.380. The van der Waals surface area contributed by atoms with Gasteiger partial charge in [-0.2, -0.15) is 0 Å². The van der Waals surface area contributed by atoms with Gasteiger partial charge in [-0.3, -0.25) is 0 Å². The molecule has 0 rings (SSSR count). The van der Waals surface area contributed by atoms with E-state index in [-0.39, 0.29) is 0 Å². The zero-order valence-corrected chi connectivity index (χ0v) is 13.1. The van der Waals surface area contributed by atoms with Crippen LogP contribution in [0, 0.1) is 33.3 Å². The molecule has 17 heavy (non-hydrogen) atoms. The molecule has 0 spiro atoms. The Hall–Kier alpha value is -0.352. The van der Waals surface area contributed by atoms with Crippen LogP contribution < -0.4 is 0 Å². The Kier molecular flexibility index (Phi) is 223. The monoisotopic (exact) mass is 427 g/mol. The van der Waals surface area contributed by atoms with Crippen LogP contribution in [0.2, 0.25) is 0 Å². The predicted molar refractivity (Wildman–Crippen MR) is 49.5 cm³/mol. The van der Waals surface area contributed by atoms with E-state index >= 15 is 0 Å². The van der Waals surface area contributed by atoms with Gasteiger partial charge in [-0.1, -0.05) is 0 Å². The van der Waals surface area contributed by atoms with Crippen molar-refractivity contribution in [2.45, 2.75) is 13.8 Å². The fourth-order valence-electron chi connectivity index (χ4n) is 0.339. The van der Waals surface area contributed by atoms with Crippen molar-refractivity contribution >= 4 is 6.37 Å². The Bertz CT molecular complexity index is 173. The van der Waals surface area contributed by atoms with E-state index in [0.29, 0.717) is 0 Å². The molecule has 0 saturated carbocycles. The molecule has 6 nitrogen and oxygen atoms in total. The molecule has 0 saturated heterocycles. The molecule has 0 atom stereocenters. The summed E-state index contributed by atoms with van der Waals surface area (Å²) < 4.78 is 39.9. The summed E-state index contributed by atoms with van der Waals surface area (Å²) in [6.45, 7) is 29.3. The van der Waals surface area contributed by atoms with Crippen molar-refractivity contribution in [3.05, 3.63) is 33.3 Å². The summed E-state index contributed by atoms with van der Waals surface area (Å²) in [7, 11) is 0. The molecule has 0 unspecified atom stereocenters. The van der Waals surface area contributed by atoms with Gasteiger partial charge >= 0.3 is 113 Å². The molecule has 0 radical (unpaired) electrons. The van der Waals surface area contributed by atoms with Crippen molar-refractivity contribution < 1.29 is 42.1 Å². The van der Waals surface area contributed by atoms with Gasteiger partial charge in [0.25, 0.3) is 0 Å². The van der Waals surface area contributed by atoms with Crippen molar-refractivity contribution in [2.75, 3.05) is 13.1 Å². The van der Waals surface area contributed by atoms with Gasteiger partial charge in [-0.15, -0.1) is 0 Å². The third kappa shape index (κ3) is 91.4. The van der Waals surface area contributed by atoms with Gasteiger partial charge in [0, 0.05) is 0 Å². The minimum atomic E-state index is 1.20. The molecule has 0 bridgehead atoms. The van der Waals surface area contributed by atoms with Crippen LogP contribution in [0.25, 0.3) is 0 Å². The van der Waals surface area contributed by atoms with Crippen LogP contribution in [-0.4, -0.2) is 17.8 Å². The number of rotatable bonds is 3. The molecular weight excluding hydrogens is 417 g/mol. The molecule has 0 aliphatic heterocycles. The molecule has 0 aromatic carbocycles. The predicted octanol–water partition coefficient (Wildman–Crippen LogP) is 1.46. The second kappa shape index (κ2) is 105. The number of hydrogen-bond donors (Lipinski definition) is 0. The summed E-state index contributed by atoms with van der Waals surface area (Å²) in [5.74, 6) is 0. The summed E-state index contributed by atoms with van der Waals surface area (Å²) in [5, 5.41) is 0. The van der Waals surface area contributed by atoms with Gasteiger partial charge in [0.05, 0.1) is 0 Å². The van der Waals surface area contributed by atoms with Crippen molar-refractivity contribution in [3.63, 3.8) is 0 Å². The number of nitrogens with zero attached hydrogens (tertiary/aromatic N) is 1. The van der Waals surface area contributed by atoms with Crippen LogP contribution in [0.15, 0.2) is 0 Å². The van der Waals surface area contributed by atoms with E-state index < -0.39 is 0 Å². The van der Waals surface area contributed by atoms with Crippen LogP contribution in [-0.2, 0) is 42.1 Å². The molecule has 0 aliphatic carbocycles. The molecular formula is C9H10NO5PW. The second-order valence-corrected chi connectivity index (χ2v) is 3.71. The first-order valence-electron chi connectivity index (χ1n) is 3.45. The van der Waals surface area contributed by atoms with Crippen molar-refractivity contribution in [3.8, 4) is 0 Å². The zero-order chi connectivity index (χ0) is 15.7. The Morgan fingerprint density at radius 2 is 0.941 bits per heavy atom. The fourth-order valence-corrected chi connectivity index (χ4v) is 3.06. The first kappa shape index (κ1) is 36.0. The van der Waals surface area contributed by atoms with Crippen molar-refractivity contribution in [1.82, 2.24) is 4.67 Å². The topological polar surface area (TPSA) is 103 Å². The average molecular weight is 427 g/mol. The number of hydrogen-bond acceptors (Lipinski definition) is 1. The second-order valence-electron chi connectivity index (χ2n) is 1.22. The van der Waals surface area contributed by atoms with Gasteiger partial charge in [-0.25, -0.2) is 0 Å². The van der Waals surface area contributed by atoms with E-state index in [1.807, 2.05) is 0 Å². The van der Waals surface area contributed by atoms with Crippen molar-refractivity contribution in [2.24, 2.45) is 0 Å². The van der Waals surface area contributed by atoms with Crippen LogP contribution in [0.1, 0.15) is 13.8 Å². The van der Waals surface area contributed by atoms with E-state index in [1.54, 1.807) is 18.8 Å². The maximum atomic E-state index is 7.50. The van der Waals surface area contributed by atoms with Gasteiger partial charge in [0.1, 0.15) is 0 Å². The summed E-state index contributed by atoms with van der Waals surface area (Å²) in [6, 6.07) is 0. The standard InChI is InChI=1S/C4H10NP.5CO.W/c1-3-5(6)4-2;5*1-2;/h3-4H2,1-2H3;;;;;;. The zero-order valence-electron chi connectivity index (χ0n) is 9.26. The fraction of sp³-hybridized carbons (Fsp3) is 0.444. The molecule has 0 aromatic heterocycles. The van der Waals surface area contributed by atoms with Gasteiger partial charge in [-0.05, 0) is 0 Å². The minimum absolute atomic E-state index is 1.20. The Morgan fingerprint density at radius 3 is 0.941 bits per heavy atom. The summed E-state index contributed by atoms with van der Waals surface area (Å²) in [4.78, 5) is 0. The molecule has 0 heterocycles. The van der Waals surface area contributed by atoms with Crippen LogP contribution >= 0.6 is 6.37 Å². The van der Waals surface area contributed by atoms with E-state index in [9.17, 15) is 0 Å². The Labute approximate surface area is 113 Å². The van der Waals surface area contributed by atoms with Gasteiger partial charge in [0.15, 0.2) is 0 Å². The molecule has 0 amide bonds. The summed E-state index contributed by atoms with van der Waals surface area (Å²) >= 11 is 1.64. The summed E-state index contributed by atoms with van der Waals surface area (Å²) in [5.41, 5.74) is 0. The Morgan fingerprint density at radius 1 is 0.765 bits per heavy atom. The SMILES string of the molecule is CCN(CC)[P]=[W].[C-]#[O+].[C-]#[O+].[C-]#[O+].[C-]#[O+].[C-]#[O+]. The summed E-state index contributed by atoms with van der Waals surface area (Å²) in [6.07, 6.45) is 1.48. The molecule has 92 valence electrons. The van der Waals surface area contributed by atoms with Crippen LogP contribution in [0.5, 0.6) is 0 Å². The van der Waals surface area contributed by atoms with E-state index in [2.05, 4.69) is 51.8 Å². The third-order valence-corrected chi connectivity index (χ3v) is 4.13. The van der Waals surface area contributed by atoms with Gasteiger partial charge < -0.3 is 0 Å². The molecule has 8 heteroatoms. The van der Waals surface area contributed by atoms with Gasteiger partial charge in [0.2, 0.25) is 0 Å². The maximum absolute atomic E-state index is 7.50. The normalized spacial score (nSPS) is 5.00. The molecule has 0 aliphatic rings. The van der Waals surface area contributed by atoms with Crippen molar-refractivity contribution in [1.29, 1.82) is 0 Å². The first-order chi connectivity index (χ1) is 8.35. The first-order valence-corrected chi connectivity index (χ1v) is 8.15. The van der Waals surface area contributed by atoms with Crippen LogP contribution in [0.3, 0.4) is 0 Å². The molecule has 0 fully saturated rings. The molecule has 0 N–H and O–H groups in total. The van der Waals surface area contributed by atoms with E-state index in [0.717, 1.165) is 0 Å². The Balaban J connectivity index is -0.0000000257. The molecule has 0 aromatic rings. The van der Waals surface area contributed by atoms with E-state index in [1.165, 1.54) is 19.5 Å².